The van der Waals surface area contributed by atoms with Gasteiger partial charge in [-0.15, -0.1) is 11.8 Å². The Balaban J connectivity index is 2.07. The Morgan fingerprint density at radius 2 is 1.52 bits per heavy atom. The molecule has 0 saturated carbocycles. The van der Waals surface area contributed by atoms with Crippen LogP contribution in [-0.2, 0) is 12.1 Å². The maximum Gasteiger partial charge on any atom is 0.458 e. The van der Waals surface area contributed by atoms with Gasteiger partial charge in [-0.1, -0.05) is 13.0 Å². The topological polar surface area (TPSA) is 19.4 Å². The molecule has 0 bridgehead atoms. The van der Waals surface area contributed by atoms with E-state index in [1.165, 1.54) is 11.9 Å². The van der Waals surface area contributed by atoms with E-state index < -0.39 is 35.6 Å². The number of hydrogen-bond donors (Lipinski definition) is 0. The fraction of sp³-hybridized carbons (Fsp3) is 0.421. The highest BCUT2D eigenvalue weighted by Crippen LogP contribution is 2.50. The molecule has 0 radical (unpaired) electrons. The van der Waals surface area contributed by atoms with Gasteiger partial charge in [-0.2, -0.15) is 35.1 Å². The van der Waals surface area contributed by atoms with Crippen molar-refractivity contribution in [2.75, 3.05) is 29.6 Å². The Bertz CT molecular complexity index is 974. The summed E-state index contributed by atoms with van der Waals surface area (Å²) >= 11 is 1.13. The van der Waals surface area contributed by atoms with Crippen LogP contribution in [0.25, 0.3) is 0 Å². The van der Waals surface area contributed by atoms with Crippen molar-refractivity contribution in [1.82, 2.24) is 4.98 Å². The van der Waals surface area contributed by atoms with Gasteiger partial charge in [0.2, 0.25) is 0 Å². The number of benzene rings is 1. The minimum atomic E-state index is -5.76. The Kier molecular flexibility index (Phi) is 5.83. The summed E-state index contributed by atoms with van der Waals surface area (Å²) < 4.78 is 105. The van der Waals surface area contributed by atoms with Crippen LogP contribution in [-0.4, -0.2) is 31.0 Å². The molecular weight excluding hydrogens is 454 g/mol. The molecule has 0 aliphatic carbocycles. The number of nitrogens with zero attached hydrogens (tertiary/aromatic N) is 3. The summed E-state index contributed by atoms with van der Waals surface area (Å²) in [7, 11) is 3.02. The lowest BCUT2D eigenvalue weighted by Crippen LogP contribution is -2.33. The number of halogens is 8. The average Bonchev–Trinajstić information content (AvgIpc) is 2.90. The Morgan fingerprint density at radius 1 is 0.903 bits per heavy atom. The van der Waals surface area contributed by atoms with Crippen molar-refractivity contribution in [2.45, 2.75) is 36.3 Å². The summed E-state index contributed by atoms with van der Waals surface area (Å²) in [5.74, 6) is -4.60. The molecule has 0 fully saturated rings. The van der Waals surface area contributed by atoms with Crippen molar-refractivity contribution in [2.24, 2.45) is 0 Å². The Morgan fingerprint density at radius 3 is 2.06 bits per heavy atom. The summed E-state index contributed by atoms with van der Waals surface area (Å²) in [5.41, 5.74) is -1.47. The molecule has 1 aliphatic rings. The number of aromatic nitrogens is 1. The number of alkyl halides is 8. The second-order valence-electron chi connectivity index (χ2n) is 6.91. The van der Waals surface area contributed by atoms with Crippen LogP contribution in [0.15, 0.2) is 35.4 Å². The van der Waals surface area contributed by atoms with Gasteiger partial charge in [0.1, 0.15) is 6.17 Å². The first-order valence-corrected chi connectivity index (χ1v) is 9.93. The van der Waals surface area contributed by atoms with E-state index in [1.54, 1.807) is 18.9 Å². The molecule has 2 aromatic rings. The monoisotopic (exact) mass is 471 g/mol. The van der Waals surface area contributed by atoms with Gasteiger partial charge in [-0.05, 0) is 24.0 Å². The van der Waals surface area contributed by atoms with Crippen molar-refractivity contribution < 1.29 is 35.1 Å². The molecule has 1 aromatic heterocycles. The van der Waals surface area contributed by atoms with E-state index in [-0.39, 0.29) is 16.3 Å². The number of anilines is 2. The highest BCUT2D eigenvalue weighted by molar-refractivity contribution is 7.99. The lowest BCUT2D eigenvalue weighted by molar-refractivity contribution is -0.289. The van der Waals surface area contributed by atoms with Gasteiger partial charge >= 0.3 is 18.3 Å². The first kappa shape index (κ1) is 23.4. The Hall–Kier alpha value is -2.24. The van der Waals surface area contributed by atoms with E-state index in [9.17, 15) is 35.1 Å². The SMILES string of the molecule is CCSc1cc(C(F)(F)F)cnc1C1N(C)c2ccc(C(F)(F)C(F)(F)F)cc2N1C. The number of thioether (sulfide) groups is 1. The lowest BCUT2D eigenvalue weighted by atomic mass is 10.1. The molecule has 170 valence electrons. The molecule has 2 heterocycles. The molecule has 1 aromatic carbocycles. The normalized spacial score (nSPS) is 17.3. The van der Waals surface area contributed by atoms with E-state index in [0.29, 0.717) is 23.7 Å². The van der Waals surface area contributed by atoms with Crippen LogP contribution in [0.3, 0.4) is 0 Å². The summed E-state index contributed by atoms with van der Waals surface area (Å²) in [6.45, 7) is 1.75. The predicted molar refractivity (Wildman–Crippen MR) is 102 cm³/mol. The summed E-state index contributed by atoms with van der Waals surface area (Å²) in [6.07, 6.45) is -10.5. The van der Waals surface area contributed by atoms with E-state index in [4.69, 9.17) is 0 Å². The third kappa shape index (κ3) is 4.01. The zero-order valence-corrected chi connectivity index (χ0v) is 17.3. The highest BCUT2D eigenvalue weighted by atomic mass is 32.2. The van der Waals surface area contributed by atoms with Crippen molar-refractivity contribution in [3.63, 3.8) is 0 Å². The van der Waals surface area contributed by atoms with Gasteiger partial charge in [0.15, 0.2) is 0 Å². The second kappa shape index (κ2) is 7.72. The maximum atomic E-state index is 13.8. The third-order valence-corrected chi connectivity index (χ3v) is 5.87. The lowest BCUT2D eigenvalue weighted by Gasteiger charge is -2.29. The quantitative estimate of drug-likeness (QED) is 0.377. The molecule has 0 saturated heterocycles. The number of pyridine rings is 1. The van der Waals surface area contributed by atoms with Crippen LogP contribution in [0.2, 0.25) is 0 Å². The van der Waals surface area contributed by atoms with Crippen molar-refractivity contribution in [3.8, 4) is 0 Å². The van der Waals surface area contributed by atoms with Gasteiger partial charge in [-0.25, -0.2) is 0 Å². The van der Waals surface area contributed by atoms with E-state index in [2.05, 4.69) is 4.98 Å². The zero-order valence-electron chi connectivity index (χ0n) is 16.4. The fourth-order valence-corrected chi connectivity index (χ4v) is 4.26. The van der Waals surface area contributed by atoms with Crippen LogP contribution < -0.4 is 9.80 Å². The van der Waals surface area contributed by atoms with Gasteiger partial charge in [-0.3, -0.25) is 4.98 Å². The minimum Gasteiger partial charge on any atom is -0.348 e. The van der Waals surface area contributed by atoms with Gasteiger partial charge in [0, 0.05) is 30.8 Å². The Labute approximate surface area is 177 Å². The molecule has 3 nitrogen and oxygen atoms in total. The number of fused-ring (bicyclic) bond motifs is 1. The maximum absolute atomic E-state index is 13.8. The molecule has 0 spiro atoms. The minimum absolute atomic E-state index is 0.0862. The van der Waals surface area contributed by atoms with Gasteiger partial charge in [0.05, 0.1) is 22.6 Å². The first-order chi connectivity index (χ1) is 14.2. The van der Waals surface area contributed by atoms with Crippen LogP contribution in [0.4, 0.5) is 46.5 Å². The molecule has 1 atom stereocenters. The molecule has 3 rings (SSSR count). The van der Waals surface area contributed by atoms with Crippen LogP contribution >= 0.6 is 11.8 Å². The van der Waals surface area contributed by atoms with Crippen LogP contribution in [0, 0.1) is 0 Å². The van der Waals surface area contributed by atoms with Crippen molar-refractivity contribution in [1.29, 1.82) is 0 Å². The second-order valence-corrected chi connectivity index (χ2v) is 8.22. The number of rotatable bonds is 4. The molecule has 1 unspecified atom stereocenters. The third-order valence-electron chi connectivity index (χ3n) is 4.94. The van der Waals surface area contributed by atoms with Crippen molar-refractivity contribution >= 4 is 23.1 Å². The largest absolute Gasteiger partial charge is 0.458 e. The molecular formula is C19H17F8N3S. The molecule has 0 amide bonds. The van der Waals surface area contributed by atoms with Crippen LogP contribution in [0.5, 0.6) is 0 Å². The zero-order chi connectivity index (χ0) is 23.4. The predicted octanol–water partition coefficient (Wildman–Crippen LogP) is 6.45. The molecule has 0 N–H and O–H groups in total. The molecule has 1 aliphatic heterocycles. The smallest absolute Gasteiger partial charge is 0.348 e. The summed E-state index contributed by atoms with van der Waals surface area (Å²) in [4.78, 5) is 7.22. The molecule has 31 heavy (non-hydrogen) atoms. The fourth-order valence-electron chi connectivity index (χ4n) is 3.43. The first-order valence-electron chi connectivity index (χ1n) is 8.94. The molecule has 12 heteroatoms. The van der Waals surface area contributed by atoms with E-state index >= 15 is 0 Å². The van der Waals surface area contributed by atoms with Gasteiger partial charge in [0.25, 0.3) is 0 Å². The standard InChI is InChI=1S/C19H17F8N3S/c1-4-31-14-8-11(18(22,23)24)9-28-15(14)16-29(2)12-6-5-10(7-13(12)30(16)3)17(20,21)19(25,26)27/h5-9,16H,4H2,1-3H3. The van der Waals surface area contributed by atoms with Gasteiger partial charge < -0.3 is 9.80 Å². The van der Waals surface area contributed by atoms with E-state index in [0.717, 1.165) is 30.0 Å². The summed E-state index contributed by atoms with van der Waals surface area (Å²) in [5, 5.41) is 0. The van der Waals surface area contributed by atoms with E-state index in [1.807, 2.05) is 0 Å². The summed E-state index contributed by atoms with van der Waals surface area (Å²) in [6, 6.07) is 3.54. The average molecular weight is 471 g/mol. The number of hydrogen-bond acceptors (Lipinski definition) is 4. The van der Waals surface area contributed by atoms with Crippen molar-refractivity contribution in [3.05, 3.63) is 47.3 Å². The highest BCUT2D eigenvalue weighted by Gasteiger charge is 2.59. The van der Waals surface area contributed by atoms with Crippen LogP contribution in [0.1, 0.15) is 29.9 Å².